The van der Waals surface area contributed by atoms with Gasteiger partial charge >= 0.3 is 5.97 Å². The highest BCUT2D eigenvalue weighted by molar-refractivity contribution is 5.75. The smallest absolute Gasteiger partial charge is 0.311 e. The van der Waals surface area contributed by atoms with Crippen molar-refractivity contribution in [3.05, 3.63) is 0 Å². The molecule has 0 aromatic rings. The molecule has 0 aliphatic carbocycles. The third kappa shape index (κ3) is 17.6. The van der Waals surface area contributed by atoms with Crippen molar-refractivity contribution in [2.75, 3.05) is 0 Å². The first kappa shape index (κ1) is 27.5. The fraction of sp³-hybridized carbons (Fsp3) is 0.962. The zero-order chi connectivity index (χ0) is 21.1. The van der Waals surface area contributed by atoms with Crippen molar-refractivity contribution in [1.82, 2.24) is 0 Å². The van der Waals surface area contributed by atoms with Gasteiger partial charge in [0.05, 0.1) is 5.41 Å². The van der Waals surface area contributed by atoms with E-state index < -0.39 is 5.41 Å². The average molecular weight is 397 g/mol. The Morgan fingerprint density at radius 2 is 0.929 bits per heavy atom. The van der Waals surface area contributed by atoms with Gasteiger partial charge in [0.15, 0.2) is 0 Å². The molecule has 0 bridgehead atoms. The van der Waals surface area contributed by atoms with Crippen LogP contribution in [0.3, 0.4) is 0 Å². The number of hydrogen-bond donors (Lipinski definition) is 0. The lowest BCUT2D eigenvalue weighted by Crippen LogP contribution is -2.28. The molecule has 0 radical (unpaired) electrons. The Morgan fingerprint density at radius 1 is 0.607 bits per heavy atom. The van der Waals surface area contributed by atoms with Gasteiger partial charge in [-0.1, -0.05) is 104 Å². The second-order valence-electron chi connectivity index (χ2n) is 9.80. The van der Waals surface area contributed by atoms with Crippen molar-refractivity contribution in [3.63, 3.8) is 0 Å². The van der Waals surface area contributed by atoms with Gasteiger partial charge in [-0.3, -0.25) is 4.79 Å². The average Bonchev–Trinajstić information content (AvgIpc) is 2.64. The summed E-state index contributed by atoms with van der Waals surface area (Å²) in [6, 6.07) is 0. The van der Waals surface area contributed by atoms with Gasteiger partial charge in [0.25, 0.3) is 0 Å². The first-order chi connectivity index (χ1) is 13.4. The lowest BCUT2D eigenvalue weighted by atomic mass is 9.96. The van der Waals surface area contributed by atoms with E-state index in [2.05, 4.69) is 13.8 Å². The van der Waals surface area contributed by atoms with E-state index in [1.165, 1.54) is 103 Å². The first-order valence-corrected chi connectivity index (χ1v) is 12.6. The lowest BCUT2D eigenvalue weighted by molar-refractivity contribution is -0.159. The van der Waals surface area contributed by atoms with Gasteiger partial charge in [-0.25, -0.2) is 0 Å². The summed E-state index contributed by atoms with van der Waals surface area (Å²) in [5, 5.41) is 0. The number of unbranched alkanes of at least 4 members (excludes halogenated alkanes) is 14. The Bertz CT molecular complexity index is 343. The molecule has 28 heavy (non-hydrogen) atoms. The molecule has 2 nitrogen and oxygen atoms in total. The van der Waals surface area contributed by atoms with Gasteiger partial charge in [0, 0.05) is 0 Å². The van der Waals surface area contributed by atoms with Crippen molar-refractivity contribution in [2.24, 2.45) is 5.41 Å². The molecule has 0 fully saturated rings. The zero-order valence-corrected chi connectivity index (χ0v) is 20.1. The number of rotatable bonds is 19. The topological polar surface area (TPSA) is 26.3 Å². The summed E-state index contributed by atoms with van der Waals surface area (Å²) in [4.78, 5) is 12.3. The molecule has 168 valence electrons. The standard InChI is InChI=1S/C26H52O2/c1-6-8-10-12-14-15-17-19-21-23-24(28-25(27)26(3,4)5)22-20-18-16-13-11-9-7-2/h24H,6-23H2,1-5H3. The van der Waals surface area contributed by atoms with Crippen LogP contribution in [-0.2, 0) is 9.53 Å². The van der Waals surface area contributed by atoms with Crippen molar-refractivity contribution in [2.45, 2.75) is 156 Å². The van der Waals surface area contributed by atoms with Crippen LogP contribution in [0.15, 0.2) is 0 Å². The monoisotopic (exact) mass is 396 g/mol. The molecule has 0 amide bonds. The van der Waals surface area contributed by atoms with E-state index >= 15 is 0 Å². The molecule has 0 aromatic carbocycles. The Hall–Kier alpha value is -0.530. The SMILES string of the molecule is CCCCCCCCCCCC(CCCCCCCCC)OC(=O)C(C)(C)C. The molecule has 1 unspecified atom stereocenters. The number of ether oxygens (including phenoxy) is 1. The van der Waals surface area contributed by atoms with Crippen molar-refractivity contribution in [1.29, 1.82) is 0 Å². The number of esters is 1. The predicted octanol–water partition coefficient (Wildman–Crippen LogP) is 9.01. The fourth-order valence-corrected chi connectivity index (χ4v) is 3.60. The van der Waals surface area contributed by atoms with Crippen LogP contribution in [0, 0.1) is 5.41 Å². The van der Waals surface area contributed by atoms with Gasteiger partial charge in [-0.05, 0) is 46.5 Å². The van der Waals surface area contributed by atoms with Gasteiger partial charge in [0.1, 0.15) is 6.10 Å². The molecular weight excluding hydrogens is 344 g/mol. The largest absolute Gasteiger partial charge is 0.462 e. The summed E-state index contributed by atoms with van der Waals surface area (Å²) >= 11 is 0. The van der Waals surface area contributed by atoms with E-state index in [0.717, 1.165) is 12.8 Å². The second-order valence-corrected chi connectivity index (χ2v) is 9.80. The Kier molecular flexibility index (Phi) is 18.1. The summed E-state index contributed by atoms with van der Waals surface area (Å²) in [7, 11) is 0. The molecule has 0 spiro atoms. The van der Waals surface area contributed by atoms with Crippen LogP contribution in [0.5, 0.6) is 0 Å². The highest BCUT2D eigenvalue weighted by Gasteiger charge is 2.26. The Labute approximate surface area is 177 Å². The number of carbonyl (C=O) groups excluding carboxylic acids is 1. The quantitative estimate of drug-likeness (QED) is 0.161. The van der Waals surface area contributed by atoms with Crippen molar-refractivity contribution >= 4 is 5.97 Å². The van der Waals surface area contributed by atoms with E-state index in [4.69, 9.17) is 4.74 Å². The summed E-state index contributed by atoms with van der Waals surface area (Å²) in [5.41, 5.74) is -0.392. The van der Waals surface area contributed by atoms with Crippen LogP contribution in [0.25, 0.3) is 0 Å². The molecular formula is C26H52O2. The van der Waals surface area contributed by atoms with Crippen molar-refractivity contribution in [3.8, 4) is 0 Å². The lowest BCUT2D eigenvalue weighted by Gasteiger charge is -2.23. The van der Waals surface area contributed by atoms with Gasteiger partial charge in [-0.15, -0.1) is 0 Å². The van der Waals surface area contributed by atoms with E-state index in [0.29, 0.717) is 0 Å². The van der Waals surface area contributed by atoms with E-state index in [1.807, 2.05) is 20.8 Å². The van der Waals surface area contributed by atoms with Crippen LogP contribution in [0.1, 0.15) is 150 Å². The van der Waals surface area contributed by atoms with E-state index in [1.54, 1.807) is 0 Å². The normalized spacial score (nSPS) is 12.9. The number of carbonyl (C=O) groups is 1. The van der Waals surface area contributed by atoms with E-state index in [9.17, 15) is 4.79 Å². The minimum absolute atomic E-state index is 0.0311. The molecule has 0 aromatic heterocycles. The van der Waals surface area contributed by atoms with Crippen molar-refractivity contribution < 1.29 is 9.53 Å². The third-order valence-electron chi connectivity index (χ3n) is 5.65. The van der Waals surface area contributed by atoms with Crippen LogP contribution in [0.2, 0.25) is 0 Å². The molecule has 0 heterocycles. The maximum atomic E-state index is 12.3. The molecule has 0 rings (SSSR count). The van der Waals surface area contributed by atoms with Crippen LogP contribution in [0.4, 0.5) is 0 Å². The maximum absolute atomic E-state index is 12.3. The first-order valence-electron chi connectivity index (χ1n) is 12.6. The molecule has 1 atom stereocenters. The minimum Gasteiger partial charge on any atom is -0.462 e. The summed E-state index contributed by atoms with van der Waals surface area (Å²) in [5.74, 6) is -0.0311. The third-order valence-corrected chi connectivity index (χ3v) is 5.65. The minimum atomic E-state index is -0.392. The number of hydrogen-bond acceptors (Lipinski definition) is 2. The maximum Gasteiger partial charge on any atom is 0.311 e. The molecule has 2 heteroatoms. The summed E-state index contributed by atoms with van der Waals surface area (Å²) in [6.07, 6.45) is 23.6. The molecule has 0 N–H and O–H groups in total. The van der Waals surface area contributed by atoms with Crippen LogP contribution in [-0.4, -0.2) is 12.1 Å². The van der Waals surface area contributed by atoms with Gasteiger partial charge < -0.3 is 4.74 Å². The van der Waals surface area contributed by atoms with Crippen LogP contribution >= 0.6 is 0 Å². The molecule has 0 aliphatic rings. The van der Waals surface area contributed by atoms with Gasteiger partial charge in [-0.2, -0.15) is 0 Å². The molecule has 0 saturated carbocycles. The Balaban J connectivity index is 3.99. The second kappa shape index (κ2) is 18.5. The highest BCUT2D eigenvalue weighted by Crippen LogP contribution is 2.22. The predicted molar refractivity (Wildman–Crippen MR) is 124 cm³/mol. The summed E-state index contributed by atoms with van der Waals surface area (Å²) in [6.45, 7) is 10.4. The van der Waals surface area contributed by atoms with Gasteiger partial charge in [0.2, 0.25) is 0 Å². The zero-order valence-electron chi connectivity index (χ0n) is 20.1. The van der Waals surface area contributed by atoms with Crippen LogP contribution < -0.4 is 0 Å². The van der Waals surface area contributed by atoms with E-state index in [-0.39, 0.29) is 12.1 Å². The highest BCUT2D eigenvalue weighted by atomic mass is 16.5. The molecule has 0 aliphatic heterocycles. The fourth-order valence-electron chi connectivity index (χ4n) is 3.60. The molecule has 0 saturated heterocycles. The Morgan fingerprint density at radius 3 is 1.25 bits per heavy atom. The summed E-state index contributed by atoms with van der Waals surface area (Å²) < 4.78 is 5.89.